The molecule has 1 aromatic rings. The molecule has 5 heteroatoms. The summed E-state index contributed by atoms with van der Waals surface area (Å²) in [6.07, 6.45) is 0.223. The molecule has 5 nitrogen and oxygen atoms in total. The summed E-state index contributed by atoms with van der Waals surface area (Å²) in [7, 11) is 0. The van der Waals surface area contributed by atoms with Gasteiger partial charge in [0, 0.05) is 6.42 Å². The zero-order chi connectivity index (χ0) is 12.6. The van der Waals surface area contributed by atoms with Gasteiger partial charge in [0.1, 0.15) is 23.5 Å². The fourth-order valence-electron chi connectivity index (χ4n) is 2.44. The van der Waals surface area contributed by atoms with Gasteiger partial charge in [-0.3, -0.25) is 4.79 Å². The lowest BCUT2D eigenvalue weighted by atomic mass is 9.98. The average molecular weight is 249 g/mol. The summed E-state index contributed by atoms with van der Waals surface area (Å²) in [6.45, 7) is 0.781. The van der Waals surface area contributed by atoms with Crippen molar-refractivity contribution in [3.63, 3.8) is 0 Å². The minimum Gasteiger partial charge on any atom is -0.426 e. The summed E-state index contributed by atoms with van der Waals surface area (Å²) in [5, 5.41) is 0. The van der Waals surface area contributed by atoms with Crippen molar-refractivity contribution in [3.05, 3.63) is 30.3 Å². The first-order valence-electron chi connectivity index (χ1n) is 6.00. The van der Waals surface area contributed by atoms with Crippen LogP contribution < -0.4 is 10.5 Å². The van der Waals surface area contributed by atoms with Gasteiger partial charge in [0.15, 0.2) is 0 Å². The maximum absolute atomic E-state index is 12.1. The van der Waals surface area contributed by atoms with Crippen molar-refractivity contribution < 1.29 is 19.0 Å². The fourth-order valence-corrected chi connectivity index (χ4v) is 2.44. The third-order valence-electron chi connectivity index (χ3n) is 3.43. The molecule has 2 aliphatic rings. The molecule has 96 valence electrons. The summed E-state index contributed by atoms with van der Waals surface area (Å²) in [6, 6.07) is 8.96. The molecule has 1 unspecified atom stereocenters. The van der Waals surface area contributed by atoms with Crippen LogP contribution in [-0.4, -0.2) is 31.0 Å². The van der Waals surface area contributed by atoms with E-state index in [2.05, 4.69) is 0 Å². The molecule has 1 aromatic carbocycles. The van der Waals surface area contributed by atoms with Crippen LogP contribution in [0.3, 0.4) is 0 Å². The van der Waals surface area contributed by atoms with E-state index in [1.54, 1.807) is 12.1 Å². The summed E-state index contributed by atoms with van der Waals surface area (Å²) < 4.78 is 16.3. The first-order chi connectivity index (χ1) is 8.69. The largest absolute Gasteiger partial charge is 0.426 e. The molecule has 18 heavy (non-hydrogen) atoms. The molecule has 2 heterocycles. The monoisotopic (exact) mass is 249 g/mol. The Morgan fingerprint density at radius 3 is 2.94 bits per heavy atom. The molecule has 2 saturated heterocycles. The molecule has 0 bridgehead atoms. The number of benzene rings is 1. The second-order valence-corrected chi connectivity index (χ2v) is 4.65. The average Bonchev–Trinajstić information content (AvgIpc) is 2.86. The van der Waals surface area contributed by atoms with Gasteiger partial charge in [-0.2, -0.15) is 0 Å². The zero-order valence-electron chi connectivity index (χ0n) is 9.87. The lowest BCUT2D eigenvalue weighted by Gasteiger charge is -2.21. The molecule has 2 N–H and O–H groups in total. The summed E-state index contributed by atoms with van der Waals surface area (Å²) in [4.78, 5) is 12.1. The van der Waals surface area contributed by atoms with Crippen LogP contribution in [0.2, 0.25) is 0 Å². The topological polar surface area (TPSA) is 70.8 Å². The fraction of sp³-hybridized carbons (Fsp3) is 0.462. The first-order valence-corrected chi connectivity index (χ1v) is 6.00. The highest BCUT2D eigenvalue weighted by atomic mass is 16.6. The molecule has 0 amide bonds. The molecule has 2 aliphatic heterocycles. The third-order valence-corrected chi connectivity index (χ3v) is 3.43. The van der Waals surface area contributed by atoms with Crippen molar-refractivity contribution in [2.45, 2.75) is 18.2 Å². The Morgan fingerprint density at radius 1 is 1.39 bits per heavy atom. The molecule has 0 aromatic heterocycles. The number of esters is 1. The molecule has 0 spiro atoms. The van der Waals surface area contributed by atoms with Gasteiger partial charge in [-0.05, 0) is 12.1 Å². The van der Waals surface area contributed by atoms with E-state index in [1.807, 2.05) is 18.2 Å². The Bertz CT molecular complexity index is 450. The maximum atomic E-state index is 12.1. The molecular formula is C13H15NO4. The van der Waals surface area contributed by atoms with Crippen LogP contribution in [-0.2, 0) is 14.3 Å². The number of carbonyl (C=O) groups excluding carboxylic acids is 1. The normalized spacial score (nSPS) is 34.3. The molecule has 3 atom stereocenters. The van der Waals surface area contributed by atoms with Crippen LogP contribution in [0.25, 0.3) is 0 Å². The molecule has 0 aliphatic carbocycles. The van der Waals surface area contributed by atoms with E-state index in [0.29, 0.717) is 18.8 Å². The smallest absolute Gasteiger partial charge is 0.319 e. The number of fused-ring (bicyclic) bond motifs is 1. The number of nitrogens with two attached hydrogens (primary N) is 1. The van der Waals surface area contributed by atoms with Crippen molar-refractivity contribution in [1.82, 2.24) is 0 Å². The van der Waals surface area contributed by atoms with E-state index in [1.165, 1.54) is 0 Å². The number of hydrogen-bond donors (Lipinski definition) is 1. The lowest BCUT2D eigenvalue weighted by molar-refractivity contribution is -0.142. The molecule has 0 radical (unpaired) electrons. The van der Waals surface area contributed by atoms with Crippen LogP contribution in [0.5, 0.6) is 5.75 Å². The lowest BCUT2D eigenvalue weighted by Crippen LogP contribution is -2.47. The highest BCUT2D eigenvalue weighted by Gasteiger charge is 2.55. The Morgan fingerprint density at radius 2 is 2.17 bits per heavy atom. The van der Waals surface area contributed by atoms with Gasteiger partial charge in [-0.1, -0.05) is 18.2 Å². The Hall–Kier alpha value is -1.43. The number of ether oxygens (including phenoxy) is 3. The van der Waals surface area contributed by atoms with Gasteiger partial charge in [-0.25, -0.2) is 0 Å². The third kappa shape index (κ3) is 1.90. The van der Waals surface area contributed by atoms with Crippen LogP contribution in [0.4, 0.5) is 0 Å². The number of rotatable bonds is 2. The van der Waals surface area contributed by atoms with Crippen LogP contribution in [0.15, 0.2) is 30.3 Å². The van der Waals surface area contributed by atoms with Crippen molar-refractivity contribution in [3.8, 4) is 5.75 Å². The van der Waals surface area contributed by atoms with Gasteiger partial charge in [0.25, 0.3) is 0 Å². The van der Waals surface area contributed by atoms with Crippen molar-refractivity contribution in [1.29, 1.82) is 0 Å². The van der Waals surface area contributed by atoms with E-state index in [4.69, 9.17) is 19.9 Å². The van der Waals surface area contributed by atoms with E-state index >= 15 is 0 Å². The minimum atomic E-state index is -0.819. The molecule has 0 saturated carbocycles. The predicted octanol–water partition coefficient (Wildman–Crippen LogP) is 0.682. The van der Waals surface area contributed by atoms with E-state index in [0.717, 1.165) is 0 Å². The predicted molar refractivity (Wildman–Crippen MR) is 62.8 cm³/mol. The van der Waals surface area contributed by atoms with Gasteiger partial charge < -0.3 is 19.9 Å². The van der Waals surface area contributed by atoms with Gasteiger partial charge in [0.2, 0.25) is 0 Å². The molecular weight excluding hydrogens is 234 g/mol. The first kappa shape index (κ1) is 11.6. The quantitative estimate of drug-likeness (QED) is 0.616. The summed E-state index contributed by atoms with van der Waals surface area (Å²) in [5.41, 5.74) is 5.21. The van der Waals surface area contributed by atoms with Crippen LogP contribution >= 0.6 is 0 Å². The van der Waals surface area contributed by atoms with Gasteiger partial charge in [-0.15, -0.1) is 0 Å². The second-order valence-electron chi connectivity index (χ2n) is 4.65. The standard InChI is InChI=1S/C13H15NO4/c14-13-6-7-16-11(13)10(8-17-13)12(15)18-9-4-2-1-3-5-9/h1-5,10-11H,6-8,14H2/t10?,11-,13-/m1/s1. The second kappa shape index (κ2) is 4.35. The zero-order valence-corrected chi connectivity index (χ0v) is 9.87. The van der Waals surface area contributed by atoms with Crippen molar-refractivity contribution >= 4 is 5.97 Å². The van der Waals surface area contributed by atoms with Crippen molar-refractivity contribution in [2.24, 2.45) is 11.7 Å². The number of hydrogen-bond acceptors (Lipinski definition) is 5. The number of para-hydroxylation sites is 1. The molecule has 2 fully saturated rings. The Labute approximate surface area is 105 Å². The Balaban J connectivity index is 1.71. The highest BCUT2D eigenvalue weighted by Crippen LogP contribution is 2.37. The van der Waals surface area contributed by atoms with E-state index in [9.17, 15) is 4.79 Å². The highest BCUT2D eigenvalue weighted by molar-refractivity contribution is 5.76. The minimum absolute atomic E-state index is 0.257. The Kier molecular flexibility index (Phi) is 2.81. The summed E-state index contributed by atoms with van der Waals surface area (Å²) >= 11 is 0. The van der Waals surface area contributed by atoms with Gasteiger partial charge >= 0.3 is 5.97 Å². The van der Waals surface area contributed by atoms with Crippen LogP contribution in [0.1, 0.15) is 6.42 Å². The molecule has 3 rings (SSSR count). The maximum Gasteiger partial charge on any atom is 0.319 e. The van der Waals surface area contributed by atoms with Crippen LogP contribution in [0, 0.1) is 5.92 Å². The van der Waals surface area contributed by atoms with E-state index < -0.39 is 17.7 Å². The van der Waals surface area contributed by atoms with Gasteiger partial charge in [0.05, 0.1) is 13.2 Å². The SMILES string of the molecule is N[C@@]12CCO[C@@H]1C(C(=O)Oc1ccccc1)CO2. The van der Waals surface area contributed by atoms with E-state index in [-0.39, 0.29) is 12.6 Å². The number of carbonyl (C=O) groups is 1. The van der Waals surface area contributed by atoms with Crippen molar-refractivity contribution in [2.75, 3.05) is 13.2 Å². The summed E-state index contributed by atoms with van der Waals surface area (Å²) in [5.74, 6) is -0.270.